The van der Waals surface area contributed by atoms with Crippen molar-refractivity contribution < 1.29 is 34.2 Å². The summed E-state index contributed by atoms with van der Waals surface area (Å²) in [5, 5.41) is 26.5. The van der Waals surface area contributed by atoms with Crippen LogP contribution in [0.15, 0.2) is 12.5 Å². The van der Waals surface area contributed by atoms with E-state index < -0.39 is 59.9 Å². The van der Waals surface area contributed by atoms with Gasteiger partial charge in [-0.3, -0.25) is 19.2 Å². The van der Waals surface area contributed by atoms with Gasteiger partial charge in [-0.25, -0.2) is 9.78 Å². The summed E-state index contributed by atoms with van der Waals surface area (Å²) in [5.74, 6) is -4.54. The van der Waals surface area contributed by atoms with Gasteiger partial charge in [-0.05, 0) is 25.7 Å². The minimum atomic E-state index is -1.52. The molecule has 0 saturated heterocycles. The summed E-state index contributed by atoms with van der Waals surface area (Å²) in [4.78, 5) is 67.5. The number of aromatic nitrogens is 2. The maximum absolute atomic E-state index is 12.9. The molecule has 0 aromatic carbocycles. The SMILES string of the molecule is CC(C)CC(NC(=O)C(NC(=O)C(CCC(N)=O)NC(=O)C(N)Cc1cnc[nH]1)C(C)O)C(=O)O. The number of nitrogens with one attached hydrogen (secondary N) is 4. The van der Waals surface area contributed by atoms with E-state index in [0.29, 0.717) is 5.69 Å². The predicted octanol–water partition coefficient (Wildman–Crippen LogP) is -2.49. The van der Waals surface area contributed by atoms with E-state index in [1.54, 1.807) is 13.8 Å². The number of rotatable bonds is 15. The minimum absolute atomic E-state index is 0.0460. The standard InChI is InChI=1S/C21H35N7O7/c1-10(2)6-15(21(34)35)27-20(33)17(11(3)29)28-19(32)14(4-5-16(23)30)26-18(31)13(22)7-12-8-24-9-25-12/h8-11,13-15,17,29H,4-7,22H2,1-3H3,(H2,23,30)(H,24,25)(H,26,31)(H,27,33)(H,28,32)(H,34,35). The number of imidazole rings is 1. The third-order valence-electron chi connectivity index (χ3n) is 5.03. The summed E-state index contributed by atoms with van der Waals surface area (Å²) in [5.41, 5.74) is 11.6. The highest BCUT2D eigenvalue weighted by Gasteiger charge is 2.33. The third-order valence-corrected chi connectivity index (χ3v) is 5.03. The molecule has 1 heterocycles. The van der Waals surface area contributed by atoms with Crippen molar-refractivity contribution in [3.05, 3.63) is 18.2 Å². The van der Waals surface area contributed by atoms with Gasteiger partial charge in [-0.15, -0.1) is 0 Å². The van der Waals surface area contributed by atoms with Gasteiger partial charge in [0, 0.05) is 24.7 Å². The molecule has 5 unspecified atom stereocenters. The number of hydrogen-bond acceptors (Lipinski definition) is 8. The van der Waals surface area contributed by atoms with Crippen molar-refractivity contribution in [1.29, 1.82) is 0 Å². The molecule has 4 amide bonds. The molecule has 0 spiro atoms. The fourth-order valence-corrected chi connectivity index (χ4v) is 3.17. The molecule has 0 saturated carbocycles. The molecule has 0 aliphatic rings. The van der Waals surface area contributed by atoms with Crippen LogP contribution in [0, 0.1) is 5.92 Å². The number of amides is 4. The molecule has 1 rings (SSSR count). The Morgan fingerprint density at radius 3 is 2.14 bits per heavy atom. The molecule has 5 atom stereocenters. The number of carboxylic acids is 1. The number of nitrogens with two attached hydrogens (primary N) is 2. The van der Waals surface area contributed by atoms with Crippen LogP contribution in [0.5, 0.6) is 0 Å². The molecular weight excluding hydrogens is 462 g/mol. The predicted molar refractivity (Wildman–Crippen MR) is 123 cm³/mol. The van der Waals surface area contributed by atoms with Crippen molar-refractivity contribution in [2.75, 3.05) is 0 Å². The molecule has 35 heavy (non-hydrogen) atoms. The van der Waals surface area contributed by atoms with Gasteiger partial charge >= 0.3 is 5.97 Å². The zero-order valence-corrected chi connectivity index (χ0v) is 20.0. The first kappa shape index (κ1) is 29.5. The average molecular weight is 498 g/mol. The van der Waals surface area contributed by atoms with Gasteiger partial charge in [0.05, 0.1) is 18.5 Å². The van der Waals surface area contributed by atoms with Gasteiger partial charge in [0.2, 0.25) is 23.6 Å². The number of aromatic amines is 1. The fourth-order valence-electron chi connectivity index (χ4n) is 3.17. The molecule has 0 radical (unpaired) electrons. The lowest BCUT2D eigenvalue weighted by atomic mass is 10.0. The minimum Gasteiger partial charge on any atom is -0.480 e. The second-order valence-electron chi connectivity index (χ2n) is 8.71. The van der Waals surface area contributed by atoms with Gasteiger partial charge < -0.3 is 42.6 Å². The van der Waals surface area contributed by atoms with Crippen LogP contribution in [0.1, 0.15) is 45.7 Å². The lowest BCUT2D eigenvalue weighted by Crippen LogP contribution is -2.60. The molecule has 14 nitrogen and oxygen atoms in total. The van der Waals surface area contributed by atoms with E-state index >= 15 is 0 Å². The van der Waals surface area contributed by atoms with E-state index in [9.17, 15) is 34.2 Å². The number of aliphatic hydroxyl groups excluding tert-OH is 1. The lowest BCUT2D eigenvalue weighted by Gasteiger charge is -2.26. The summed E-state index contributed by atoms with van der Waals surface area (Å²) >= 11 is 0. The number of aliphatic hydroxyl groups is 1. The van der Waals surface area contributed by atoms with E-state index in [1.165, 1.54) is 19.4 Å². The summed E-state index contributed by atoms with van der Waals surface area (Å²) in [6.45, 7) is 4.79. The quantitative estimate of drug-likeness (QED) is 0.128. The molecule has 1 aromatic rings. The summed E-state index contributed by atoms with van der Waals surface area (Å²) < 4.78 is 0. The molecule has 14 heteroatoms. The summed E-state index contributed by atoms with van der Waals surface area (Å²) in [6, 6.07) is -5.11. The zero-order chi connectivity index (χ0) is 26.7. The number of carboxylic acid groups (broad SMARTS) is 1. The van der Waals surface area contributed by atoms with Crippen LogP contribution in [0.2, 0.25) is 0 Å². The van der Waals surface area contributed by atoms with Crippen molar-refractivity contribution >= 4 is 29.6 Å². The molecule has 10 N–H and O–H groups in total. The topological polar surface area (TPSA) is 243 Å². The number of nitrogens with zero attached hydrogens (tertiary/aromatic N) is 1. The monoisotopic (exact) mass is 497 g/mol. The van der Waals surface area contributed by atoms with Crippen LogP contribution < -0.4 is 27.4 Å². The van der Waals surface area contributed by atoms with Crippen molar-refractivity contribution in [3.63, 3.8) is 0 Å². The van der Waals surface area contributed by atoms with Crippen LogP contribution >= 0.6 is 0 Å². The van der Waals surface area contributed by atoms with E-state index in [4.69, 9.17) is 11.5 Å². The molecule has 196 valence electrons. The number of primary amides is 1. The van der Waals surface area contributed by atoms with Gasteiger partial charge in [0.15, 0.2) is 0 Å². The Balaban J connectivity index is 2.94. The maximum Gasteiger partial charge on any atom is 0.326 e. The molecular formula is C21H35N7O7. The number of hydrogen-bond donors (Lipinski definition) is 8. The number of carbonyl (C=O) groups is 5. The summed E-state index contributed by atoms with van der Waals surface area (Å²) in [6.07, 6.45) is 1.29. The Morgan fingerprint density at radius 2 is 1.66 bits per heavy atom. The molecule has 1 aromatic heterocycles. The number of carbonyl (C=O) groups excluding carboxylic acids is 4. The first-order valence-corrected chi connectivity index (χ1v) is 11.1. The van der Waals surface area contributed by atoms with Crippen LogP contribution in [0.25, 0.3) is 0 Å². The van der Waals surface area contributed by atoms with Crippen molar-refractivity contribution in [2.45, 2.75) is 76.7 Å². The first-order valence-electron chi connectivity index (χ1n) is 11.1. The zero-order valence-electron chi connectivity index (χ0n) is 20.0. The Labute approximate surface area is 202 Å². The largest absolute Gasteiger partial charge is 0.480 e. The third kappa shape index (κ3) is 10.5. The van der Waals surface area contributed by atoms with Crippen LogP contribution in [0.3, 0.4) is 0 Å². The van der Waals surface area contributed by atoms with E-state index in [1.807, 2.05) is 0 Å². The summed E-state index contributed by atoms with van der Waals surface area (Å²) in [7, 11) is 0. The van der Waals surface area contributed by atoms with E-state index in [2.05, 4.69) is 25.9 Å². The average Bonchev–Trinajstić information content (AvgIpc) is 3.26. The first-order chi connectivity index (χ1) is 16.3. The van der Waals surface area contributed by atoms with Gasteiger partial charge in [-0.1, -0.05) is 13.8 Å². The van der Waals surface area contributed by atoms with Crippen molar-refractivity contribution in [1.82, 2.24) is 25.9 Å². The second kappa shape index (κ2) is 14.0. The highest BCUT2D eigenvalue weighted by Crippen LogP contribution is 2.07. The van der Waals surface area contributed by atoms with Crippen LogP contribution in [-0.2, 0) is 30.4 Å². The normalized spacial score (nSPS) is 15.4. The molecule has 0 fully saturated rings. The Morgan fingerprint density at radius 1 is 1.03 bits per heavy atom. The van der Waals surface area contributed by atoms with Crippen LogP contribution in [0.4, 0.5) is 0 Å². The van der Waals surface area contributed by atoms with Crippen LogP contribution in [-0.4, -0.2) is 80.1 Å². The maximum atomic E-state index is 12.9. The van der Waals surface area contributed by atoms with E-state index in [0.717, 1.165) is 0 Å². The van der Waals surface area contributed by atoms with Crippen molar-refractivity contribution in [3.8, 4) is 0 Å². The Hall–Kier alpha value is -3.52. The van der Waals surface area contributed by atoms with Gasteiger partial charge in [0.1, 0.15) is 18.1 Å². The number of aliphatic carboxylic acids is 1. The smallest absolute Gasteiger partial charge is 0.326 e. The Bertz CT molecular complexity index is 873. The second-order valence-corrected chi connectivity index (χ2v) is 8.71. The van der Waals surface area contributed by atoms with Crippen molar-refractivity contribution in [2.24, 2.45) is 17.4 Å². The molecule has 0 aliphatic carbocycles. The number of H-pyrrole nitrogens is 1. The van der Waals surface area contributed by atoms with Gasteiger partial charge in [0.25, 0.3) is 0 Å². The lowest BCUT2D eigenvalue weighted by molar-refractivity contribution is -0.143. The molecule has 0 bridgehead atoms. The van der Waals surface area contributed by atoms with Gasteiger partial charge in [-0.2, -0.15) is 0 Å². The fraction of sp³-hybridized carbons (Fsp3) is 0.619. The highest BCUT2D eigenvalue weighted by molar-refractivity contribution is 5.94. The Kier molecular flexibility index (Phi) is 11.8. The highest BCUT2D eigenvalue weighted by atomic mass is 16.4. The van der Waals surface area contributed by atoms with E-state index in [-0.39, 0.29) is 31.6 Å². The molecule has 0 aliphatic heterocycles.